The van der Waals surface area contributed by atoms with E-state index in [1.807, 2.05) is 19.1 Å². The molecule has 9 heteroatoms. The number of aromatic amines is 1. The van der Waals surface area contributed by atoms with Crippen molar-refractivity contribution in [1.82, 2.24) is 25.6 Å². The minimum absolute atomic E-state index is 0.322. The maximum atomic E-state index is 12.5. The van der Waals surface area contributed by atoms with Gasteiger partial charge in [0.2, 0.25) is 0 Å². The number of halogens is 2. The Morgan fingerprint density at radius 3 is 2.69 bits per heavy atom. The lowest BCUT2D eigenvalue weighted by molar-refractivity contribution is 0.0843. The summed E-state index contributed by atoms with van der Waals surface area (Å²) in [6.45, 7) is 1.92. The van der Waals surface area contributed by atoms with Gasteiger partial charge in [-0.2, -0.15) is 5.10 Å². The Balaban J connectivity index is 1.76. The lowest BCUT2D eigenvalue weighted by atomic mass is 10.2. The second-order valence-electron chi connectivity index (χ2n) is 5.39. The maximum absolute atomic E-state index is 12.5. The van der Waals surface area contributed by atoms with Gasteiger partial charge in [-0.25, -0.2) is 4.68 Å². The minimum Gasteiger partial charge on any atom is -0.356 e. The summed E-state index contributed by atoms with van der Waals surface area (Å²) >= 11 is 9.28. The molecular weight excluding hydrogens is 422 g/mol. The van der Waals surface area contributed by atoms with Gasteiger partial charge in [0.1, 0.15) is 5.69 Å². The van der Waals surface area contributed by atoms with E-state index in [4.69, 9.17) is 11.6 Å². The van der Waals surface area contributed by atoms with E-state index in [1.165, 1.54) is 6.20 Å². The molecule has 7 nitrogen and oxygen atoms in total. The maximum Gasteiger partial charge on any atom is 0.286 e. The van der Waals surface area contributed by atoms with Crippen LogP contribution < -0.4 is 10.9 Å². The van der Waals surface area contributed by atoms with Crippen LogP contribution in [0.25, 0.3) is 5.69 Å². The molecule has 0 bridgehead atoms. The van der Waals surface area contributed by atoms with E-state index in [2.05, 4.69) is 36.9 Å². The molecule has 0 saturated carbocycles. The summed E-state index contributed by atoms with van der Waals surface area (Å²) in [6.07, 6.45) is 3.67. The standard InChI is InChI=1S/C17H15BrClN5O2/c1-2-15-13(9-21-24(15)12-5-3-4-11(19)7-12)16(25)22-23-17(26)14-6-10(18)8-20-14/h3-9,20H,2H2,1H3,(H,22,25)(H,23,26). The average molecular weight is 437 g/mol. The second-order valence-corrected chi connectivity index (χ2v) is 6.74. The first kappa shape index (κ1) is 18.2. The van der Waals surface area contributed by atoms with Gasteiger partial charge in [-0.3, -0.25) is 20.4 Å². The molecule has 0 spiro atoms. The molecule has 0 unspecified atom stereocenters. The summed E-state index contributed by atoms with van der Waals surface area (Å²) in [6, 6.07) is 8.80. The largest absolute Gasteiger partial charge is 0.356 e. The molecule has 2 aromatic heterocycles. The Hall–Kier alpha value is -2.58. The van der Waals surface area contributed by atoms with E-state index in [0.29, 0.717) is 28.4 Å². The molecule has 0 aliphatic rings. The molecule has 2 heterocycles. The highest BCUT2D eigenvalue weighted by Gasteiger charge is 2.18. The molecular formula is C17H15BrClN5O2. The SMILES string of the molecule is CCc1c(C(=O)NNC(=O)c2cc(Br)c[nH]2)cnn1-c1cccc(Cl)c1. The first-order valence-corrected chi connectivity index (χ1v) is 8.94. The Morgan fingerprint density at radius 2 is 2.04 bits per heavy atom. The molecule has 3 aromatic rings. The van der Waals surface area contributed by atoms with Gasteiger partial charge in [0.15, 0.2) is 0 Å². The quantitative estimate of drug-likeness (QED) is 0.548. The summed E-state index contributed by atoms with van der Waals surface area (Å²) in [5.41, 5.74) is 6.94. The number of hydrazine groups is 1. The summed E-state index contributed by atoms with van der Waals surface area (Å²) in [7, 11) is 0. The predicted molar refractivity (Wildman–Crippen MR) is 101 cm³/mol. The van der Waals surface area contributed by atoms with Crippen molar-refractivity contribution in [2.45, 2.75) is 13.3 Å². The number of rotatable bonds is 4. The van der Waals surface area contributed by atoms with Crippen molar-refractivity contribution < 1.29 is 9.59 Å². The third-order valence-corrected chi connectivity index (χ3v) is 4.38. The van der Waals surface area contributed by atoms with Gasteiger partial charge in [-0.05, 0) is 46.6 Å². The van der Waals surface area contributed by atoms with Crippen LogP contribution in [0.1, 0.15) is 33.5 Å². The number of hydrogen-bond acceptors (Lipinski definition) is 3. The first-order chi connectivity index (χ1) is 12.5. The molecule has 0 radical (unpaired) electrons. The van der Waals surface area contributed by atoms with Crippen LogP contribution in [0, 0.1) is 0 Å². The van der Waals surface area contributed by atoms with Crippen molar-refractivity contribution in [2.24, 2.45) is 0 Å². The number of carbonyl (C=O) groups is 2. The zero-order chi connectivity index (χ0) is 18.7. The van der Waals surface area contributed by atoms with Gasteiger partial charge in [-0.1, -0.05) is 24.6 Å². The molecule has 26 heavy (non-hydrogen) atoms. The number of hydrogen-bond donors (Lipinski definition) is 3. The highest BCUT2D eigenvalue weighted by atomic mass is 79.9. The third kappa shape index (κ3) is 3.81. The molecule has 2 amide bonds. The Morgan fingerprint density at radius 1 is 1.27 bits per heavy atom. The van der Waals surface area contributed by atoms with E-state index >= 15 is 0 Å². The molecule has 3 rings (SSSR count). The number of carbonyl (C=O) groups excluding carboxylic acids is 2. The minimum atomic E-state index is -0.454. The van der Waals surface area contributed by atoms with Crippen molar-refractivity contribution in [2.75, 3.05) is 0 Å². The molecule has 0 aliphatic carbocycles. The molecule has 0 aliphatic heterocycles. The van der Waals surface area contributed by atoms with Crippen LogP contribution in [-0.4, -0.2) is 26.6 Å². The number of benzene rings is 1. The average Bonchev–Trinajstić information content (AvgIpc) is 3.25. The monoisotopic (exact) mass is 435 g/mol. The molecule has 1 aromatic carbocycles. The van der Waals surface area contributed by atoms with E-state index < -0.39 is 11.8 Å². The van der Waals surface area contributed by atoms with Crippen LogP contribution in [-0.2, 0) is 6.42 Å². The van der Waals surface area contributed by atoms with Gasteiger partial charge in [0, 0.05) is 15.7 Å². The van der Waals surface area contributed by atoms with Crippen molar-refractivity contribution in [1.29, 1.82) is 0 Å². The van der Waals surface area contributed by atoms with Crippen LogP contribution in [0.4, 0.5) is 0 Å². The van der Waals surface area contributed by atoms with Gasteiger partial charge in [0.05, 0.1) is 23.1 Å². The van der Waals surface area contributed by atoms with E-state index in [1.54, 1.807) is 29.1 Å². The van der Waals surface area contributed by atoms with Crippen LogP contribution in [0.2, 0.25) is 5.02 Å². The summed E-state index contributed by atoms with van der Waals surface area (Å²) in [5.74, 6) is -0.904. The molecule has 0 saturated heterocycles. The van der Waals surface area contributed by atoms with Crippen LogP contribution >= 0.6 is 27.5 Å². The fourth-order valence-corrected chi connectivity index (χ4v) is 3.01. The van der Waals surface area contributed by atoms with E-state index in [9.17, 15) is 9.59 Å². The predicted octanol–water partition coefficient (Wildman–Crippen LogP) is 3.25. The van der Waals surface area contributed by atoms with Crippen molar-refractivity contribution in [3.05, 3.63) is 69.2 Å². The van der Waals surface area contributed by atoms with E-state index in [-0.39, 0.29) is 0 Å². The Labute approximate surface area is 162 Å². The van der Waals surface area contributed by atoms with Crippen molar-refractivity contribution in [3.8, 4) is 5.69 Å². The highest BCUT2D eigenvalue weighted by molar-refractivity contribution is 9.10. The Bertz CT molecular complexity index is 966. The van der Waals surface area contributed by atoms with Gasteiger partial charge >= 0.3 is 0 Å². The number of aromatic nitrogens is 3. The number of nitrogens with zero attached hydrogens (tertiary/aromatic N) is 2. The smallest absolute Gasteiger partial charge is 0.286 e. The molecule has 134 valence electrons. The second kappa shape index (κ2) is 7.76. The number of nitrogens with one attached hydrogen (secondary N) is 3. The van der Waals surface area contributed by atoms with E-state index in [0.717, 1.165) is 10.2 Å². The highest BCUT2D eigenvalue weighted by Crippen LogP contribution is 2.19. The molecule has 0 fully saturated rings. The Kier molecular flexibility index (Phi) is 5.43. The van der Waals surface area contributed by atoms with Crippen molar-refractivity contribution >= 4 is 39.3 Å². The van der Waals surface area contributed by atoms with Crippen LogP contribution in [0.3, 0.4) is 0 Å². The van der Waals surface area contributed by atoms with Crippen LogP contribution in [0.15, 0.2) is 47.2 Å². The molecule has 3 N–H and O–H groups in total. The fourth-order valence-electron chi connectivity index (χ4n) is 2.48. The summed E-state index contributed by atoms with van der Waals surface area (Å²) in [4.78, 5) is 27.2. The fraction of sp³-hybridized carbons (Fsp3) is 0.118. The van der Waals surface area contributed by atoms with Gasteiger partial charge in [0.25, 0.3) is 11.8 Å². The summed E-state index contributed by atoms with van der Waals surface area (Å²) < 4.78 is 2.40. The molecule has 0 atom stereocenters. The lowest BCUT2D eigenvalue weighted by Gasteiger charge is -2.09. The number of amides is 2. The lowest BCUT2D eigenvalue weighted by Crippen LogP contribution is -2.42. The van der Waals surface area contributed by atoms with Gasteiger partial charge < -0.3 is 4.98 Å². The zero-order valence-electron chi connectivity index (χ0n) is 13.7. The van der Waals surface area contributed by atoms with Gasteiger partial charge in [-0.15, -0.1) is 0 Å². The normalized spacial score (nSPS) is 10.6. The third-order valence-electron chi connectivity index (χ3n) is 3.68. The number of H-pyrrole nitrogens is 1. The topological polar surface area (TPSA) is 91.8 Å². The zero-order valence-corrected chi connectivity index (χ0v) is 16.1. The van der Waals surface area contributed by atoms with Crippen molar-refractivity contribution in [3.63, 3.8) is 0 Å². The first-order valence-electron chi connectivity index (χ1n) is 7.77. The van der Waals surface area contributed by atoms with Crippen LogP contribution in [0.5, 0.6) is 0 Å². The summed E-state index contributed by atoms with van der Waals surface area (Å²) in [5, 5.41) is 4.86.